The molecule has 0 aliphatic heterocycles. The van der Waals surface area contributed by atoms with Crippen molar-refractivity contribution in [2.75, 3.05) is 5.43 Å². The van der Waals surface area contributed by atoms with Crippen molar-refractivity contribution >= 4 is 33.9 Å². The fraction of sp³-hybridized carbons (Fsp3) is 0.167. The molecule has 0 spiro atoms. The van der Waals surface area contributed by atoms with Gasteiger partial charge in [0.2, 0.25) is 0 Å². The lowest BCUT2D eigenvalue weighted by molar-refractivity contribution is 1.02. The van der Waals surface area contributed by atoms with E-state index in [2.05, 4.69) is 50.8 Å². The van der Waals surface area contributed by atoms with Crippen molar-refractivity contribution in [1.82, 2.24) is 9.97 Å². The van der Waals surface area contributed by atoms with Crippen LogP contribution in [-0.2, 0) is 12.8 Å². The fourth-order valence-electron chi connectivity index (χ4n) is 3.16. The van der Waals surface area contributed by atoms with Gasteiger partial charge in [-0.1, -0.05) is 41.9 Å². The first-order chi connectivity index (χ1) is 11.2. The average molecular weight is 323 g/mol. The third-order valence-electron chi connectivity index (χ3n) is 4.21. The highest BCUT2D eigenvalue weighted by Gasteiger charge is 2.16. The number of aromatic nitrogens is 2. The van der Waals surface area contributed by atoms with Crippen molar-refractivity contribution in [1.29, 1.82) is 0 Å². The standard InChI is InChI=1S/C18H15ClN4/c1-11(22-23-17-10-20-9-16(19)21-17)14-8-7-13-6-5-12-3-2-4-15(14)18(12)13/h2-4,7-10H,5-6H2,1H3,(H,21,23)/b22-11+. The fourth-order valence-corrected chi connectivity index (χ4v) is 3.31. The summed E-state index contributed by atoms with van der Waals surface area (Å²) in [5, 5.41) is 7.43. The Morgan fingerprint density at radius 1 is 1.13 bits per heavy atom. The lowest BCUT2D eigenvalue weighted by atomic mass is 9.98. The van der Waals surface area contributed by atoms with Gasteiger partial charge in [-0.05, 0) is 41.7 Å². The Balaban J connectivity index is 1.73. The molecule has 1 aromatic heterocycles. The smallest absolute Gasteiger partial charge is 0.166 e. The van der Waals surface area contributed by atoms with Crippen LogP contribution in [0.25, 0.3) is 10.8 Å². The molecule has 23 heavy (non-hydrogen) atoms. The number of halogens is 1. The van der Waals surface area contributed by atoms with Crippen molar-refractivity contribution in [2.45, 2.75) is 19.8 Å². The van der Waals surface area contributed by atoms with Crippen LogP contribution in [0.5, 0.6) is 0 Å². The minimum atomic E-state index is 0.341. The molecule has 0 fully saturated rings. The van der Waals surface area contributed by atoms with Gasteiger partial charge in [-0.25, -0.2) is 4.98 Å². The SMILES string of the molecule is C/C(=N\Nc1cncc(Cl)n1)c1ccc2c3c(cccc13)CC2. The predicted molar refractivity (Wildman–Crippen MR) is 94.2 cm³/mol. The van der Waals surface area contributed by atoms with Crippen molar-refractivity contribution < 1.29 is 0 Å². The van der Waals surface area contributed by atoms with E-state index >= 15 is 0 Å². The largest absolute Gasteiger partial charge is 0.260 e. The lowest BCUT2D eigenvalue weighted by Crippen LogP contribution is -2.02. The molecule has 4 nitrogen and oxygen atoms in total. The van der Waals surface area contributed by atoms with Crippen molar-refractivity contribution in [3.05, 3.63) is 64.6 Å². The van der Waals surface area contributed by atoms with Gasteiger partial charge in [-0.3, -0.25) is 10.4 Å². The molecule has 2 aromatic carbocycles. The number of hydrogen-bond donors (Lipinski definition) is 1. The number of anilines is 1. The topological polar surface area (TPSA) is 50.2 Å². The molecule has 4 rings (SSSR count). The van der Waals surface area contributed by atoms with Gasteiger partial charge in [0.15, 0.2) is 5.82 Å². The molecule has 1 heterocycles. The molecule has 5 heteroatoms. The average Bonchev–Trinajstić information content (AvgIpc) is 2.98. The molecule has 1 aliphatic carbocycles. The predicted octanol–water partition coefficient (Wildman–Crippen LogP) is 4.22. The zero-order chi connectivity index (χ0) is 15.8. The summed E-state index contributed by atoms with van der Waals surface area (Å²) in [6.45, 7) is 1.99. The monoisotopic (exact) mass is 322 g/mol. The quantitative estimate of drug-likeness (QED) is 0.580. The van der Waals surface area contributed by atoms with Crippen LogP contribution < -0.4 is 5.43 Å². The van der Waals surface area contributed by atoms with E-state index in [9.17, 15) is 0 Å². The Morgan fingerprint density at radius 3 is 2.78 bits per heavy atom. The summed E-state index contributed by atoms with van der Waals surface area (Å²) in [6, 6.07) is 10.9. The summed E-state index contributed by atoms with van der Waals surface area (Å²) in [7, 11) is 0. The Bertz CT molecular complexity index is 923. The highest BCUT2D eigenvalue weighted by atomic mass is 35.5. The number of benzene rings is 2. The highest BCUT2D eigenvalue weighted by molar-refractivity contribution is 6.29. The van der Waals surface area contributed by atoms with Crippen LogP contribution >= 0.6 is 11.6 Å². The Labute approximate surface area is 139 Å². The van der Waals surface area contributed by atoms with Crippen LogP contribution in [0.1, 0.15) is 23.6 Å². The molecule has 3 aromatic rings. The van der Waals surface area contributed by atoms with Crippen LogP contribution in [0.3, 0.4) is 0 Å². The van der Waals surface area contributed by atoms with E-state index in [0.29, 0.717) is 11.0 Å². The summed E-state index contributed by atoms with van der Waals surface area (Å²) in [5.41, 5.74) is 7.83. The Kier molecular flexibility index (Phi) is 3.46. The minimum absolute atomic E-state index is 0.341. The third-order valence-corrected chi connectivity index (χ3v) is 4.39. The third kappa shape index (κ3) is 2.55. The number of nitrogens with one attached hydrogen (secondary N) is 1. The van der Waals surface area contributed by atoms with Crippen molar-refractivity contribution in [3.63, 3.8) is 0 Å². The van der Waals surface area contributed by atoms with Crippen LogP contribution in [0.2, 0.25) is 5.15 Å². The lowest BCUT2D eigenvalue weighted by Gasteiger charge is -2.09. The molecule has 114 valence electrons. The van der Waals surface area contributed by atoms with E-state index in [4.69, 9.17) is 11.6 Å². The zero-order valence-corrected chi connectivity index (χ0v) is 13.4. The summed E-state index contributed by atoms with van der Waals surface area (Å²) < 4.78 is 0. The van der Waals surface area contributed by atoms with Gasteiger partial charge < -0.3 is 0 Å². The maximum atomic E-state index is 5.83. The molecule has 1 aliphatic rings. The van der Waals surface area contributed by atoms with Gasteiger partial charge in [-0.15, -0.1) is 0 Å². The summed E-state index contributed by atoms with van der Waals surface area (Å²) >= 11 is 5.83. The van der Waals surface area contributed by atoms with E-state index in [1.54, 1.807) is 6.20 Å². The number of hydrazone groups is 1. The molecule has 1 N–H and O–H groups in total. The molecular formula is C18H15ClN4. The van der Waals surface area contributed by atoms with Crippen LogP contribution in [0.4, 0.5) is 5.82 Å². The Morgan fingerprint density at radius 2 is 1.96 bits per heavy atom. The van der Waals surface area contributed by atoms with Gasteiger partial charge in [0.25, 0.3) is 0 Å². The van der Waals surface area contributed by atoms with Gasteiger partial charge in [-0.2, -0.15) is 5.10 Å². The Hall–Kier alpha value is -2.46. The summed E-state index contributed by atoms with van der Waals surface area (Å²) in [4.78, 5) is 8.11. The maximum Gasteiger partial charge on any atom is 0.166 e. The van der Waals surface area contributed by atoms with Crippen LogP contribution in [0.15, 0.2) is 47.8 Å². The first kappa shape index (κ1) is 14.2. The van der Waals surface area contributed by atoms with Gasteiger partial charge >= 0.3 is 0 Å². The van der Waals surface area contributed by atoms with E-state index in [0.717, 1.165) is 24.1 Å². The first-order valence-corrected chi connectivity index (χ1v) is 7.92. The highest BCUT2D eigenvalue weighted by Crippen LogP contribution is 2.33. The number of nitrogens with zero attached hydrogens (tertiary/aromatic N) is 3. The van der Waals surface area contributed by atoms with Crippen molar-refractivity contribution in [2.24, 2.45) is 5.10 Å². The van der Waals surface area contributed by atoms with Crippen LogP contribution in [-0.4, -0.2) is 15.7 Å². The van der Waals surface area contributed by atoms with Gasteiger partial charge in [0.05, 0.1) is 18.1 Å². The first-order valence-electron chi connectivity index (χ1n) is 7.54. The summed E-state index contributed by atoms with van der Waals surface area (Å²) in [5.74, 6) is 0.530. The molecule has 0 saturated carbocycles. The molecule has 0 saturated heterocycles. The molecule has 0 unspecified atom stereocenters. The number of rotatable bonds is 3. The molecule has 0 radical (unpaired) electrons. The molecule has 0 bridgehead atoms. The normalized spacial score (nSPS) is 13.6. The molecular weight excluding hydrogens is 308 g/mol. The second kappa shape index (κ2) is 5.63. The van der Waals surface area contributed by atoms with Gasteiger partial charge in [0, 0.05) is 5.56 Å². The van der Waals surface area contributed by atoms with E-state index in [1.807, 2.05) is 6.92 Å². The second-order valence-corrected chi connectivity index (χ2v) is 6.04. The minimum Gasteiger partial charge on any atom is -0.260 e. The van der Waals surface area contributed by atoms with Crippen LogP contribution in [0, 0.1) is 0 Å². The molecule has 0 amide bonds. The van der Waals surface area contributed by atoms with E-state index in [1.165, 1.54) is 28.1 Å². The maximum absolute atomic E-state index is 5.83. The number of aryl methyl sites for hydroxylation is 2. The van der Waals surface area contributed by atoms with Gasteiger partial charge in [0.1, 0.15) is 5.15 Å². The second-order valence-electron chi connectivity index (χ2n) is 5.65. The molecule has 0 atom stereocenters. The van der Waals surface area contributed by atoms with Crippen molar-refractivity contribution in [3.8, 4) is 0 Å². The zero-order valence-electron chi connectivity index (χ0n) is 12.7. The summed E-state index contributed by atoms with van der Waals surface area (Å²) in [6.07, 6.45) is 5.34. The van der Waals surface area contributed by atoms with E-state index < -0.39 is 0 Å². The van der Waals surface area contributed by atoms with E-state index in [-0.39, 0.29) is 0 Å². The number of hydrogen-bond acceptors (Lipinski definition) is 4.